The number of aliphatic hydroxyl groups is 1. The number of carboxylic acid groups (broad SMARTS) is 1. The largest absolute Gasteiger partial charge is 0.480 e. The quantitative estimate of drug-likeness (QED) is 0.220. The molecule has 0 aliphatic heterocycles. The molecule has 0 radical (unpaired) electrons. The Morgan fingerprint density at radius 3 is 2.32 bits per heavy atom. The van der Waals surface area contributed by atoms with Crippen LogP contribution in [0, 0.1) is 0 Å². The highest BCUT2D eigenvalue weighted by Gasteiger charge is 2.28. The maximum Gasteiger partial charge on any atom is 0.326 e. The molecule has 25 heavy (non-hydrogen) atoms. The lowest BCUT2D eigenvalue weighted by atomic mass is 10.1. The standard InChI is InChI=1S/C13H20N6O6/c14-7(1-6-3-16-5-17-6)11(22)19-9(4-20)12(23)18-8(13(24)25)2-10(15)21/h3,5,7-9,20H,1-2,4,14H2,(H2,15,21)(H,16,17)(H,18,23)(H,19,22)(H,24,25)/t7-,8-,9-/m0/s1. The van der Waals surface area contributed by atoms with Crippen molar-refractivity contribution in [1.29, 1.82) is 0 Å². The normalized spacial score (nSPS) is 14.2. The Morgan fingerprint density at radius 2 is 1.84 bits per heavy atom. The molecule has 138 valence electrons. The van der Waals surface area contributed by atoms with Gasteiger partial charge >= 0.3 is 5.97 Å². The summed E-state index contributed by atoms with van der Waals surface area (Å²) in [7, 11) is 0. The third-order valence-corrected chi connectivity index (χ3v) is 3.16. The van der Waals surface area contributed by atoms with Gasteiger partial charge in [-0.05, 0) is 0 Å². The summed E-state index contributed by atoms with van der Waals surface area (Å²) in [5.74, 6) is -4.14. The van der Waals surface area contributed by atoms with Gasteiger partial charge < -0.3 is 37.3 Å². The van der Waals surface area contributed by atoms with Crippen molar-refractivity contribution in [2.75, 3.05) is 6.61 Å². The molecule has 0 saturated carbocycles. The summed E-state index contributed by atoms with van der Waals surface area (Å²) in [6.07, 6.45) is 2.42. The number of hydrogen-bond acceptors (Lipinski definition) is 7. The molecule has 0 unspecified atom stereocenters. The van der Waals surface area contributed by atoms with Crippen LogP contribution in [0.3, 0.4) is 0 Å². The maximum atomic E-state index is 12.0. The lowest BCUT2D eigenvalue weighted by Gasteiger charge is -2.20. The zero-order valence-corrected chi connectivity index (χ0v) is 13.1. The van der Waals surface area contributed by atoms with Crippen LogP contribution in [-0.4, -0.2) is 68.6 Å². The number of nitrogens with one attached hydrogen (secondary N) is 3. The number of carboxylic acids is 1. The second-order valence-electron chi connectivity index (χ2n) is 5.18. The first-order valence-electron chi connectivity index (χ1n) is 7.20. The van der Waals surface area contributed by atoms with E-state index in [-0.39, 0.29) is 6.42 Å². The van der Waals surface area contributed by atoms with Crippen LogP contribution in [0.5, 0.6) is 0 Å². The maximum absolute atomic E-state index is 12.0. The lowest BCUT2D eigenvalue weighted by molar-refractivity contribution is -0.144. The summed E-state index contributed by atoms with van der Waals surface area (Å²) in [6.45, 7) is -0.796. The predicted octanol–water partition coefficient (Wildman–Crippen LogP) is -3.80. The van der Waals surface area contributed by atoms with Crippen LogP contribution in [0.25, 0.3) is 0 Å². The second kappa shape index (κ2) is 9.34. The Kier molecular flexibility index (Phi) is 7.49. The zero-order chi connectivity index (χ0) is 19.0. The molecule has 12 nitrogen and oxygen atoms in total. The lowest BCUT2D eigenvalue weighted by Crippen LogP contribution is -2.56. The molecule has 0 saturated heterocycles. The van der Waals surface area contributed by atoms with Crippen molar-refractivity contribution in [2.45, 2.75) is 31.0 Å². The molecule has 0 bridgehead atoms. The van der Waals surface area contributed by atoms with Gasteiger partial charge in [0.15, 0.2) is 0 Å². The average molecular weight is 356 g/mol. The van der Waals surface area contributed by atoms with Gasteiger partial charge in [0.2, 0.25) is 17.7 Å². The summed E-state index contributed by atoms with van der Waals surface area (Å²) in [6, 6.07) is -4.05. The van der Waals surface area contributed by atoms with Gasteiger partial charge in [-0.15, -0.1) is 0 Å². The summed E-state index contributed by atoms with van der Waals surface area (Å²) in [5, 5.41) is 22.4. The molecule has 1 aromatic heterocycles. The van der Waals surface area contributed by atoms with E-state index in [1.54, 1.807) is 6.20 Å². The number of nitrogens with two attached hydrogens (primary N) is 2. The van der Waals surface area contributed by atoms with Crippen molar-refractivity contribution in [2.24, 2.45) is 11.5 Å². The van der Waals surface area contributed by atoms with Crippen LogP contribution in [-0.2, 0) is 25.6 Å². The molecule has 12 heteroatoms. The van der Waals surface area contributed by atoms with Gasteiger partial charge in [0.1, 0.15) is 12.1 Å². The number of imidazole rings is 1. The van der Waals surface area contributed by atoms with E-state index < -0.39 is 54.8 Å². The monoisotopic (exact) mass is 356 g/mol. The Labute approximate surface area is 142 Å². The van der Waals surface area contributed by atoms with Gasteiger partial charge in [-0.1, -0.05) is 0 Å². The molecular weight excluding hydrogens is 336 g/mol. The van der Waals surface area contributed by atoms with E-state index in [1.165, 1.54) is 6.33 Å². The fraction of sp³-hybridized carbons (Fsp3) is 0.462. The molecule has 1 rings (SSSR count). The van der Waals surface area contributed by atoms with Gasteiger partial charge in [0.25, 0.3) is 0 Å². The minimum Gasteiger partial charge on any atom is -0.480 e. The van der Waals surface area contributed by atoms with Crippen LogP contribution in [0.2, 0.25) is 0 Å². The number of aliphatic carboxylic acids is 1. The van der Waals surface area contributed by atoms with E-state index in [1.807, 2.05) is 5.32 Å². The van der Waals surface area contributed by atoms with Crippen LogP contribution < -0.4 is 22.1 Å². The smallest absolute Gasteiger partial charge is 0.326 e. The number of amides is 3. The number of H-pyrrole nitrogens is 1. The SMILES string of the molecule is NC(=O)C[C@H](NC(=O)[C@H](CO)NC(=O)[C@@H](N)Cc1c[nH]cn1)C(=O)O. The van der Waals surface area contributed by atoms with Crippen molar-refractivity contribution in [3.8, 4) is 0 Å². The molecule has 3 atom stereocenters. The number of aromatic nitrogens is 2. The first-order chi connectivity index (χ1) is 11.7. The molecule has 3 amide bonds. The minimum absolute atomic E-state index is 0.0918. The van der Waals surface area contributed by atoms with Crippen molar-refractivity contribution in [1.82, 2.24) is 20.6 Å². The highest BCUT2D eigenvalue weighted by atomic mass is 16.4. The van der Waals surface area contributed by atoms with Gasteiger partial charge in [-0.2, -0.15) is 0 Å². The Morgan fingerprint density at radius 1 is 1.20 bits per heavy atom. The van der Waals surface area contributed by atoms with Crippen molar-refractivity contribution in [3.63, 3.8) is 0 Å². The van der Waals surface area contributed by atoms with Crippen LogP contribution >= 0.6 is 0 Å². The predicted molar refractivity (Wildman–Crippen MR) is 82.7 cm³/mol. The first kappa shape index (κ1) is 20.1. The molecule has 9 N–H and O–H groups in total. The molecule has 0 fully saturated rings. The van der Waals surface area contributed by atoms with E-state index in [2.05, 4.69) is 15.3 Å². The minimum atomic E-state index is -1.58. The van der Waals surface area contributed by atoms with Crippen molar-refractivity contribution >= 4 is 23.7 Å². The van der Waals surface area contributed by atoms with E-state index in [4.69, 9.17) is 16.6 Å². The van der Waals surface area contributed by atoms with Gasteiger partial charge in [-0.3, -0.25) is 14.4 Å². The molecule has 0 aliphatic carbocycles. The summed E-state index contributed by atoms with van der Waals surface area (Å²) >= 11 is 0. The Bertz CT molecular complexity index is 619. The first-order valence-corrected chi connectivity index (χ1v) is 7.20. The molecule has 0 aliphatic rings. The Hall–Kier alpha value is -2.99. The topological polar surface area (TPSA) is 214 Å². The average Bonchev–Trinajstić information content (AvgIpc) is 3.03. The molecule has 1 heterocycles. The van der Waals surface area contributed by atoms with Gasteiger partial charge in [0.05, 0.1) is 31.1 Å². The summed E-state index contributed by atoms with van der Waals surface area (Å²) in [4.78, 5) is 52.4. The highest BCUT2D eigenvalue weighted by molar-refractivity contribution is 5.93. The van der Waals surface area contributed by atoms with Crippen LogP contribution in [0.15, 0.2) is 12.5 Å². The van der Waals surface area contributed by atoms with Gasteiger partial charge in [0, 0.05) is 12.6 Å². The summed E-state index contributed by atoms with van der Waals surface area (Å²) < 4.78 is 0. The third-order valence-electron chi connectivity index (χ3n) is 3.16. The number of rotatable bonds is 10. The number of aromatic amines is 1. The Balaban J connectivity index is 2.63. The zero-order valence-electron chi connectivity index (χ0n) is 13.1. The number of aliphatic hydroxyl groups excluding tert-OH is 1. The van der Waals surface area contributed by atoms with E-state index in [9.17, 15) is 24.3 Å². The summed E-state index contributed by atoms with van der Waals surface area (Å²) in [5.41, 5.74) is 11.1. The van der Waals surface area contributed by atoms with Crippen LogP contribution in [0.4, 0.5) is 0 Å². The van der Waals surface area contributed by atoms with Gasteiger partial charge in [-0.25, -0.2) is 9.78 Å². The molecule has 0 aromatic carbocycles. The van der Waals surface area contributed by atoms with Crippen molar-refractivity contribution in [3.05, 3.63) is 18.2 Å². The highest BCUT2D eigenvalue weighted by Crippen LogP contribution is 1.98. The van der Waals surface area contributed by atoms with Crippen LogP contribution in [0.1, 0.15) is 12.1 Å². The number of hydrogen-bond donors (Lipinski definition) is 7. The number of carbonyl (C=O) groups excluding carboxylic acids is 3. The third kappa shape index (κ3) is 6.56. The molecule has 1 aromatic rings. The fourth-order valence-electron chi connectivity index (χ4n) is 1.87. The molecular formula is C13H20N6O6. The van der Waals surface area contributed by atoms with E-state index in [0.717, 1.165) is 0 Å². The molecule has 0 spiro atoms. The number of primary amides is 1. The second-order valence-corrected chi connectivity index (χ2v) is 5.18. The number of nitrogens with zero attached hydrogens (tertiary/aromatic N) is 1. The van der Waals surface area contributed by atoms with E-state index in [0.29, 0.717) is 5.69 Å². The fourth-order valence-corrected chi connectivity index (χ4v) is 1.87. The van der Waals surface area contributed by atoms with E-state index >= 15 is 0 Å². The van der Waals surface area contributed by atoms with Crippen molar-refractivity contribution < 1.29 is 29.4 Å². The number of carbonyl (C=O) groups is 4.